The maximum absolute atomic E-state index is 13.6. The molecule has 0 saturated carbocycles. The number of benzene rings is 2. The molecule has 0 aromatic heterocycles. The highest BCUT2D eigenvalue weighted by Gasteiger charge is 2.36. The smallest absolute Gasteiger partial charge is 0.237 e. The van der Waals surface area contributed by atoms with E-state index in [0.29, 0.717) is 19.5 Å². The van der Waals surface area contributed by atoms with Crippen LogP contribution in [0.5, 0.6) is 0 Å². The van der Waals surface area contributed by atoms with E-state index in [-0.39, 0.29) is 11.6 Å². The minimum atomic E-state index is -0.752. The van der Waals surface area contributed by atoms with E-state index in [1.165, 1.54) is 12.1 Å². The molecule has 1 atom stereocenters. The van der Waals surface area contributed by atoms with Gasteiger partial charge in [-0.1, -0.05) is 42.5 Å². The van der Waals surface area contributed by atoms with E-state index in [1.807, 2.05) is 30.3 Å². The molecule has 4 nitrogen and oxygen atoms in total. The first-order chi connectivity index (χ1) is 11.1. The summed E-state index contributed by atoms with van der Waals surface area (Å²) in [5.74, 6) is -1.91. The Bertz CT molecular complexity index is 718. The molecule has 0 spiro atoms. The summed E-state index contributed by atoms with van der Waals surface area (Å²) in [7, 11) is 0. The van der Waals surface area contributed by atoms with E-state index in [9.17, 15) is 14.0 Å². The van der Waals surface area contributed by atoms with Gasteiger partial charge in [0.25, 0.3) is 0 Å². The number of nitrogens with zero attached hydrogens (tertiary/aromatic N) is 1. The van der Waals surface area contributed by atoms with Crippen molar-refractivity contribution < 1.29 is 14.0 Å². The van der Waals surface area contributed by atoms with Crippen LogP contribution in [0.1, 0.15) is 12.0 Å². The lowest BCUT2D eigenvalue weighted by Gasteiger charge is -2.16. The van der Waals surface area contributed by atoms with E-state index in [0.717, 1.165) is 5.56 Å². The second-order valence-electron chi connectivity index (χ2n) is 5.56. The molecule has 118 valence electrons. The predicted octanol–water partition coefficient (Wildman–Crippen LogP) is 2.81. The lowest BCUT2D eigenvalue weighted by Crippen LogP contribution is -2.32. The van der Waals surface area contributed by atoms with Crippen molar-refractivity contribution in [1.29, 1.82) is 0 Å². The van der Waals surface area contributed by atoms with Crippen LogP contribution in [0.2, 0.25) is 0 Å². The number of para-hydroxylation sites is 1. The first-order valence-corrected chi connectivity index (χ1v) is 7.53. The van der Waals surface area contributed by atoms with Crippen molar-refractivity contribution in [3.8, 4) is 0 Å². The summed E-state index contributed by atoms with van der Waals surface area (Å²) in [5, 5.41) is 2.51. The van der Waals surface area contributed by atoms with Crippen LogP contribution in [0.25, 0.3) is 0 Å². The highest BCUT2D eigenvalue weighted by molar-refractivity contribution is 6.07. The van der Waals surface area contributed by atoms with Crippen LogP contribution >= 0.6 is 0 Å². The number of halogens is 1. The monoisotopic (exact) mass is 312 g/mol. The number of amides is 2. The molecular weight excluding hydrogens is 295 g/mol. The van der Waals surface area contributed by atoms with Gasteiger partial charge < -0.3 is 10.2 Å². The molecule has 3 rings (SSSR count). The van der Waals surface area contributed by atoms with Crippen LogP contribution in [-0.2, 0) is 16.1 Å². The number of anilines is 1. The Kier molecular flexibility index (Phi) is 4.37. The Balaban J connectivity index is 1.64. The summed E-state index contributed by atoms with van der Waals surface area (Å²) in [6.07, 6.45) is 0.450. The number of hydrogen-bond donors (Lipinski definition) is 1. The Labute approximate surface area is 133 Å². The number of hydrogen-bond acceptors (Lipinski definition) is 2. The van der Waals surface area contributed by atoms with E-state index in [2.05, 4.69) is 5.32 Å². The van der Waals surface area contributed by atoms with Gasteiger partial charge in [0.15, 0.2) is 0 Å². The molecule has 1 heterocycles. The van der Waals surface area contributed by atoms with Crippen LogP contribution < -0.4 is 5.32 Å². The van der Waals surface area contributed by atoms with Crippen molar-refractivity contribution in [2.24, 2.45) is 5.92 Å². The minimum Gasteiger partial charge on any atom is -0.338 e. The zero-order chi connectivity index (χ0) is 16.2. The molecule has 1 unspecified atom stereocenters. The number of carbonyl (C=O) groups excluding carboxylic acids is 2. The molecule has 2 amide bonds. The molecule has 2 aromatic carbocycles. The van der Waals surface area contributed by atoms with Gasteiger partial charge in [-0.3, -0.25) is 9.59 Å². The fraction of sp³-hybridized carbons (Fsp3) is 0.222. The largest absolute Gasteiger partial charge is 0.338 e. The van der Waals surface area contributed by atoms with Crippen molar-refractivity contribution in [1.82, 2.24) is 4.90 Å². The van der Waals surface area contributed by atoms with Crippen molar-refractivity contribution in [3.05, 3.63) is 66.0 Å². The lowest BCUT2D eigenvalue weighted by molar-refractivity contribution is -0.136. The third kappa shape index (κ3) is 3.39. The molecule has 1 fully saturated rings. The van der Waals surface area contributed by atoms with Gasteiger partial charge in [0.1, 0.15) is 11.7 Å². The van der Waals surface area contributed by atoms with Crippen LogP contribution in [0, 0.1) is 11.7 Å². The zero-order valence-corrected chi connectivity index (χ0v) is 12.5. The minimum absolute atomic E-state index is 0.104. The SMILES string of the molecule is O=C(Nc1ccccc1F)C1CCN(Cc2ccccc2)C1=O. The van der Waals surface area contributed by atoms with Crippen LogP contribution in [-0.4, -0.2) is 23.3 Å². The Morgan fingerprint density at radius 3 is 2.57 bits per heavy atom. The fourth-order valence-corrected chi connectivity index (χ4v) is 2.73. The van der Waals surface area contributed by atoms with E-state index in [4.69, 9.17) is 0 Å². The van der Waals surface area contributed by atoms with Crippen LogP contribution in [0.4, 0.5) is 10.1 Å². The van der Waals surface area contributed by atoms with Gasteiger partial charge in [-0.2, -0.15) is 0 Å². The molecule has 1 aliphatic rings. The topological polar surface area (TPSA) is 49.4 Å². The number of nitrogens with one attached hydrogen (secondary N) is 1. The van der Waals surface area contributed by atoms with Crippen LogP contribution in [0.15, 0.2) is 54.6 Å². The average Bonchev–Trinajstić information content (AvgIpc) is 2.92. The molecule has 1 aliphatic heterocycles. The third-order valence-corrected chi connectivity index (χ3v) is 3.96. The van der Waals surface area contributed by atoms with Gasteiger partial charge in [0.05, 0.1) is 5.69 Å². The summed E-state index contributed by atoms with van der Waals surface area (Å²) in [5.41, 5.74) is 1.13. The molecular formula is C18H17FN2O2. The summed E-state index contributed by atoms with van der Waals surface area (Å²) < 4.78 is 13.6. The maximum Gasteiger partial charge on any atom is 0.237 e. The second-order valence-corrected chi connectivity index (χ2v) is 5.56. The summed E-state index contributed by atoms with van der Waals surface area (Å²) >= 11 is 0. The normalized spacial score (nSPS) is 17.3. The van der Waals surface area contributed by atoms with Gasteiger partial charge in [0.2, 0.25) is 11.8 Å². The molecule has 0 radical (unpaired) electrons. The standard InChI is InChI=1S/C18H17FN2O2/c19-15-8-4-5-9-16(15)20-17(22)14-10-11-21(18(14)23)12-13-6-2-1-3-7-13/h1-9,14H,10-12H2,(H,20,22). The number of rotatable bonds is 4. The van der Waals surface area contributed by atoms with Gasteiger partial charge in [-0.15, -0.1) is 0 Å². The van der Waals surface area contributed by atoms with Crippen LogP contribution in [0.3, 0.4) is 0 Å². The quantitative estimate of drug-likeness (QED) is 0.883. The predicted molar refractivity (Wildman–Crippen MR) is 85.0 cm³/mol. The molecule has 2 aromatic rings. The number of likely N-dealkylation sites (tertiary alicyclic amines) is 1. The second kappa shape index (κ2) is 6.60. The van der Waals surface area contributed by atoms with Gasteiger partial charge in [-0.05, 0) is 24.1 Å². The van der Waals surface area contributed by atoms with E-state index < -0.39 is 17.6 Å². The average molecular weight is 312 g/mol. The Morgan fingerprint density at radius 1 is 1.13 bits per heavy atom. The summed E-state index contributed by atoms with van der Waals surface area (Å²) in [6, 6.07) is 15.6. The molecule has 1 N–H and O–H groups in total. The first kappa shape index (κ1) is 15.2. The number of carbonyl (C=O) groups is 2. The summed E-state index contributed by atoms with van der Waals surface area (Å²) in [6.45, 7) is 1.02. The lowest BCUT2D eigenvalue weighted by atomic mass is 10.1. The molecule has 0 aliphatic carbocycles. The van der Waals surface area contributed by atoms with Crippen molar-refractivity contribution in [3.63, 3.8) is 0 Å². The van der Waals surface area contributed by atoms with Crippen molar-refractivity contribution >= 4 is 17.5 Å². The molecule has 5 heteroatoms. The van der Waals surface area contributed by atoms with Crippen molar-refractivity contribution in [2.75, 3.05) is 11.9 Å². The highest BCUT2D eigenvalue weighted by atomic mass is 19.1. The highest BCUT2D eigenvalue weighted by Crippen LogP contribution is 2.23. The van der Waals surface area contributed by atoms with Gasteiger partial charge >= 0.3 is 0 Å². The van der Waals surface area contributed by atoms with E-state index >= 15 is 0 Å². The van der Waals surface area contributed by atoms with Gasteiger partial charge in [-0.25, -0.2) is 4.39 Å². The third-order valence-electron chi connectivity index (χ3n) is 3.96. The fourth-order valence-electron chi connectivity index (χ4n) is 2.73. The van der Waals surface area contributed by atoms with E-state index in [1.54, 1.807) is 17.0 Å². The van der Waals surface area contributed by atoms with Crippen molar-refractivity contribution in [2.45, 2.75) is 13.0 Å². The molecule has 0 bridgehead atoms. The first-order valence-electron chi connectivity index (χ1n) is 7.53. The van der Waals surface area contributed by atoms with Gasteiger partial charge in [0, 0.05) is 13.1 Å². The molecule has 23 heavy (non-hydrogen) atoms. The zero-order valence-electron chi connectivity index (χ0n) is 12.5. The summed E-state index contributed by atoms with van der Waals surface area (Å²) in [4.78, 5) is 26.3. The Morgan fingerprint density at radius 2 is 1.83 bits per heavy atom. The maximum atomic E-state index is 13.6. The Hall–Kier alpha value is -2.69. The molecule has 1 saturated heterocycles.